The van der Waals surface area contributed by atoms with Crippen molar-refractivity contribution in [3.8, 4) is 0 Å². The van der Waals surface area contributed by atoms with E-state index in [1.54, 1.807) is 0 Å². The van der Waals surface area contributed by atoms with Crippen molar-refractivity contribution >= 4 is 27.9 Å². The van der Waals surface area contributed by atoms with Crippen LogP contribution < -0.4 is 0 Å². The summed E-state index contributed by atoms with van der Waals surface area (Å²) in [6, 6.07) is 0. The van der Waals surface area contributed by atoms with Crippen molar-refractivity contribution < 1.29 is 27.8 Å². The molecule has 4 nitrogen and oxygen atoms in total. The van der Waals surface area contributed by atoms with Crippen LogP contribution in [0, 0.1) is 40.4 Å². The molecule has 38 heavy (non-hydrogen) atoms. The molecule has 0 aliphatic heterocycles. The number of esters is 2. The van der Waals surface area contributed by atoms with E-state index in [0.29, 0.717) is 48.9 Å². The SMILES string of the molecule is CC(=O)O[C@@H]1CC2=CC(Br)[C@H]3[C@@H]4CC[C@H]([C@H](C)CCC(F)C(C)(C)F)[C@@]4(C)CC[C@@H]3[C@@]2(C)[C@@H](OC(C)=O)C1. The van der Waals surface area contributed by atoms with E-state index in [1.807, 2.05) is 0 Å². The molecule has 2 unspecified atom stereocenters. The Hall–Kier alpha value is -0.980. The molecule has 0 aromatic carbocycles. The molecule has 4 aliphatic carbocycles. The van der Waals surface area contributed by atoms with Crippen molar-refractivity contribution in [3.05, 3.63) is 11.6 Å². The van der Waals surface area contributed by atoms with Crippen LogP contribution in [0.1, 0.15) is 99.8 Å². The predicted octanol–water partition coefficient (Wildman–Crippen LogP) is 7.91. The van der Waals surface area contributed by atoms with Gasteiger partial charge in [-0.2, -0.15) is 0 Å². The summed E-state index contributed by atoms with van der Waals surface area (Å²) in [4.78, 5) is 24.1. The Morgan fingerprint density at radius 2 is 1.76 bits per heavy atom. The molecule has 0 amide bonds. The fourth-order valence-electron chi connectivity index (χ4n) is 9.23. The van der Waals surface area contributed by atoms with Gasteiger partial charge in [0.2, 0.25) is 0 Å². The van der Waals surface area contributed by atoms with Crippen molar-refractivity contribution in [2.75, 3.05) is 0 Å². The Labute approximate surface area is 236 Å². The van der Waals surface area contributed by atoms with Crippen molar-refractivity contribution in [1.29, 1.82) is 0 Å². The van der Waals surface area contributed by atoms with Crippen molar-refractivity contribution in [1.82, 2.24) is 0 Å². The fourth-order valence-corrected chi connectivity index (χ4v) is 10.3. The van der Waals surface area contributed by atoms with Gasteiger partial charge in [0, 0.05) is 36.9 Å². The Bertz CT molecular complexity index is 947. The quantitative estimate of drug-likeness (QED) is 0.169. The first-order chi connectivity index (χ1) is 17.6. The monoisotopic (exact) mass is 600 g/mol. The Morgan fingerprint density at radius 3 is 2.37 bits per heavy atom. The summed E-state index contributed by atoms with van der Waals surface area (Å²) in [5, 5.41) is 0. The second-order valence-electron chi connectivity index (χ2n) is 13.8. The predicted molar refractivity (Wildman–Crippen MR) is 148 cm³/mol. The van der Waals surface area contributed by atoms with Gasteiger partial charge in [0.1, 0.15) is 24.0 Å². The van der Waals surface area contributed by atoms with Crippen molar-refractivity contribution in [2.45, 2.75) is 129 Å². The zero-order valence-electron chi connectivity index (χ0n) is 24.2. The number of allylic oxidation sites excluding steroid dienone is 1. The maximum Gasteiger partial charge on any atom is 0.302 e. The van der Waals surface area contributed by atoms with Crippen LogP contribution in [-0.4, -0.2) is 40.8 Å². The molecule has 0 radical (unpaired) electrons. The number of hydrogen-bond acceptors (Lipinski definition) is 4. The van der Waals surface area contributed by atoms with E-state index in [2.05, 4.69) is 42.8 Å². The third kappa shape index (κ3) is 5.35. The van der Waals surface area contributed by atoms with E-state index >= 15 is 0 Å². The summed E-state index contributed by atoms with van der Waals surface area (Å²) in [6.45, 7) is 12.5. The molecule has 0 bridgehead atoms. The summed E-state index contributed by atoms with van der Waals surface area (Å²) in [5.74, 6) is 1.49. The first-order valence-electron chi connectivity index (χ1n) is 14.6. The number of ether oxygens (including phenoxy) is 2. The zero-order chi connectivity index (χ0) is 28.2. The lowest BCUT2D eigenvalue weighted by Gasteiger charge is -2.61. The van der Waals surface area contributed by atoms with E-state index in [0.717, 1.165) is 25.7 Å². The van der Waals surface area contributed by atoms with Gasteiger partial charge < -0.3 is 9.47 Å². The molecule has 0 aromatic rings. The minimum atomic E-state index is -1.79. The molecule has 0 N–H and O–H groups in total. The van der Waals surface area contributed by atoms with Gasteiger partial charge in [-0.15, -0.1) is 0 Å². The second kappa shape index (κ2) is 10.8. The van der Waals surface area contributed by atoms with E-state index in [-0.39, 0.29) is 46.2 Å². The molecule has 0 spiro atoms. The molecule has 7 heteroatoms. The molecular formula is C31H47BrF2O4. The van der Waals surface area contributed by atoms with Crippen molar-refractivity contribution in [2.24, 2.45) is 40.4 Å². The maximum absolute atomic E-state index is 14.4. The van der Waals surface area contributed by atoms with Gasteiger partial charge in [-0.1, -0.05) is 48.4 Å². The maximum atomic E-state index is 14.4. The van der Waals surface area contributed by atoms with Crippen LogP contribution in [0.15, 0.2) is 11.6 Å². The third-order valence-corrected chi connectivity index (χ3v) is 12.0. The van der Waals surface area contributed by atoms with Crippen LogP contribution >= 0.6 is 15.9 Å². The Balaban J connectivity index is 1.59. The number of fused-ring (bicyclic) bond motifs is 5. The van der Waals surface area contributed by atoms with E-state index in [4.69, 9.17) is 9.47 Å². The van der Waals surface area contributed by atoms with E-state index in [9.17, 15) is 18.4 Å². The normalized spacial score (nSPS) is 42.2. The lowest BCUT2D eigenvalue weighted by Crippen LogP contribution is -2.59. The summed E-state index contributed by atoms with van der Waals surface area (Å²) in [6.07, 6.45) is 6.85. The number of rotatable bonds is 7. The molecule has 0 saturated heterocycles. The molecule has 3 saturated carbocycles. The molecule has 3 fully saturated rings. The number of alkyl halides is 3. The second-order valence-corrected chi connectivity index (χ2v) is 14.9. The summed E-state index contributed by atoms with van der Waals surface area (Å²) >= 11 is 4.06. The molecule has 0 aromatic heterocycles. The van der Waals surface area contributed by atoms with Gasteiger partial charge >= 0.3 is 11.9 Å². The van der Waals surface area contributed by atoms with Gasteiger partial charge in [-0.3, -0.25) is 9.59 Å². The van der Waals surface area contributed by atoms with Crippen LogP contribution in [0.5, 0.6) is 0 Å². The number of carbonyl (C=O) groups is 2. The Kier molecular flexibility index (Phi) is 8.51. The van der Waals surface area contributed by atoms with Gasteiger partial charge in [0.25, 0.3) is 0 Å². The van der Waals surface area contributed by atoms with Gasteiger partial charge in [0.05, 0.1) is 0 Å². The average Bonchev–Trinajstić information content (AvgIpc) is 3.14. The van der Waals surface area contributed by atoms with Crippen LogP contribution in [-0.2, 0) is 19.1 Å². The first kappa shape index (κ1) is 30.0. The molecule has 0 heterocycles. The highest BCUT2D eigenvalue weighted by atomic mass is 79.9. The zero-order valence-corrected chi connectivity index (χ0v) is 25.8. The van der Waals surface area contributed by atoms with Crippen LogP contribution in [0.25, 0.3) is 0 Å². The summed E-state index contributed by atoms with van der Waals surface area (Å²) < 4.78 is 40.1. The van der Waals surface area contributed by atoms with E-state index < -0.39 is 11.8 Å². The van der Waals surface area contributed by atoms with E-state index in [1.165, 1.54) is 33.3 Å². The highest BCUT2D eigenvalue weighted by Crippen LogP contribution is 2.68. The highest BCUT2D eigenvalue weighted by molar-refractivity contribution is 9.09. The smallest absolute Gasteiger partial charge is 0.302 e. The molecule has 4 rings (SSSR count). The third-order valence-electron chi connectivity index (χ3n) is 11.1. The molecular weight excluding hydrogens is 554 g/mol. The standard InChI is InChI=1S/C31H47BrF2O4/c1-17(8-11-26(33)29(4,5)34)22-9-10-23-28-24(12-13-30(22,23)6)31(7)20(15-25(28)32)14-21(37-18(2)35)16-27(31)38-19(3)36/h15,17,21-28H,8-14,16H2,1-7H3/t17-,21-,22-,23+,24+,25?,26?,27+,28+,30-,31+/m1/s1. The summed E-state index contributed by atoms with van der Waals surface area (Å²) in [5.41, 5.74) is -0.704. The van der Waals surface area contributed by atoms with Gasteiger partial charge in [0.15, 0.2) is 0 Å². The topological polar surface area (TPSA) is 52.6 Å². The summed E-state index contributed by atoms with van der Waals surface area (Å²) in [7, 11) is 0. The first-order valence-corrected chi connectivity index (χ1v) is 15.5. The molecule has 4 aliphatic rings. The highest BCUT2D eigenvalue weighted by Gasteiger charge is 2.63. The average molecular weight is 602 g/mol. The fraction of sp³-hybridized carbons (Fsp3) is 0.871. The van der Waals surface area contributed by atoms with Gasteiger partial charge in [-0.05, 0) is 87.4 Å². The van der Waals surface area contributed by atoms with Crippen LogP contribution in [0.3, 0.4) is 0 Å². The van der Waals surface area contributed by atoms with Crippen LogP contribution in [0.4, 0.5) is 8.78 Å². The minimum Gasteiger partial charge on any atom is -0.462 e. The lowest BCUT2D eigenvalue weighted by molar-refractivity contribution is -0.171. The number of hydrogen-bond donors (Lipinski definition) is 0. The van der Waals surface area contributed by atoms with Crippen molar-refractivity contribution in [3.63, 3.8) is 0 Å². The Morgan fingerprint density at radius 1 is 1.11 bits per heavy atom. The van der Waals surface area contributed by atoms with Gasteiger partial charge in [-0.25, -0.2) is 8.78 Å². The molecule has 11 atom stereocenters. The largest absolute Gasteiger partial charge is 0.462 e. The lowest BCUT2D eigenvalue weighted by atomic mass is 9.46. The number of halogens is 3. The molecule has 216 valence electrons. The number of carbonyl (C=O) groups excluding carboxylic acids is 2. The minimum absolute atomic E-state index is 0.150. The van der Waals surface area contributed by atoms with Crippen LogP contribution in [0.2, 0.25) is 0 Å².